The van der Waals surface area contributed by atoms with Crippen LogP contribution in [0.15, 0.2) is 18.3 Å². The second-order valence-electron chi connectivity index (χ2n) is 4.34. The van der Waals surface area contributed by atoms with Crippen molar-refractivity contribution in [2.75, 3.05) is 13.2 Å². The second kappa shape index (κ2) is 6.78. The Labute approximate surface area is 132 Å². The first-order valence-corrected chi connectivity index (χ1v) is 6.95. The van der Waals surface area contributed by atoms with Gasteiger partial charge in [-0.2, -0.15) is 5.10 Å². The molecule has 0 saturated heterocycles. The second-order valence-corrected chi connectivity index (χ2v) is 5.18. The molecule has 8 heteroatoms. The van der Waals surface area contributed by atoms with Crippen molar-refractivity contribution in [2.45, 2.75) is 6.92 Å². The Hall–Kier alpha value is -1.79. The van der Waals surface area contributed by atoms with Crippen LogP contribution in [0.3, 0.4) is 0 Å². The number of aromatic nitrogens is 3. The van der Waals surface area contributed by atoms with Gasteiger partial charge in [0, 0.05) is 13.2 Å². The monoisotopic (exact) mass is 328 g/mol. The molecule has 112 valence electrons. The number of halogens is 2. The number of carbonyl (C=O) groups excluding carboxylic acids is 1. The van der Waals surface area contributed by atoms with E-state index in [-0.39, 0.29) is 18.4 Å². The Balaban J connectivity index is 1.82. The number of amides is 1. The lowest BCUT2D eigenvalue weighted by atomic mass is 10.3. The summed E-state index contributed by atoms with van der Waals surface area (Å²) in [5, 5.41) is 7.61. The largest absolute Gasteiger partial charge is 0.475 e. The van der Waals surface area contributed by atoms with E-state index >= 15 is 0 Å². The minimum Gasteiger partial charge on any atom is -0.475 e. The van der Waals surface area contributed by atoms with Crippen LogP contribution in [0.2, 0.25) is 10.0 Å². The van der Waals surface area contributed by atoms with Gasteiger partial charge in [-0.3, -0.25) is 9.48 Å². The normalized spacial score (nSPS) is 10.5. The van der Waals surface area contributed by atoms with E-state index in [1.165, 1.54) is 10.9 Å². The molecule has 21 heavy (non-hydrogen) atoms. The highest BCUT2D eigenvalue weighted by Crippen LogP contribution is 2.24. The molecule has 2 heterocycles. The van der Waals surface area contributed by atoms with Crippen LogP contribution in [0, 0.1) is 6.92 Å². The average molecular weight is 329 g/mol. The molecule has 6 nitrogen and oxygen atoms in total. The molecule has 0 spiro atoms. The summed E-state index contributed by atoms with van der Waals surface area (Å²) < 4.78 is 6.91. The Bertz CT molecular complexity index is 658. The van der Waals surface area contributed by atoms with Crippen LogP contribution in [0.25, 0.3) is 0 Å². The SMILES string of the molecule is Cc1cc(C(=O)NCCOc2ncc(Cl)cc2Cl)n(C)n1. The molecule has 0 fully saturated rings. The summed E-state index contributed by atoms with van der Waals surface area (Å²) in [7, 11) is 1.72. The Morgan fingerprint density at radius 3 is 2.81 bits per heavy atom. The lowest BCUT2D eigenvalue weighted by Gasteiger charge is -2.08. The first kappa shape index (κ1) is 15.6. The summed E-state index contributed by atoms with van der Waals surface area (Å²) >= 11 is 11.7. The molecule has 0 bridgehead atoms. The molecule has 1 amide bonds. The van der Waals surface area contributed by atoms with E-state index in [0.717, 1.165) is 5.69 Å². The fourth-order valence-electron chi connectivity index (χ4n) is 1.73. The van der Waals surface area contributed by atoms with E-state index in [2.05, 4.69) is 15.4 Å². The van der Waals surface area contributed by atoms with Gasteiger partial charge in [-0.25, -0.2) is 4.98 Å². The maximum Gasteiger partial charge on any atom is 0.269 e. The predicted molar refractivity (Wildman–Crippen MR) is 80.0 cm³/mol. The van der Waals surface area contributed by atoms with Crippen molar-refractivity contribution in [1.29, 1.82) is 0 Å². The van der Waals surface area contributed by atoms with E-state index in [1.54, 1.807) is 19.2 Å². The molecule has 2 aromatic rings. The molecule has 0 unspecified atom stereocenters. The van der Waals surface area contributed by atoms with Crippen LogP contribution in [0.5, 0.6) is 5.88 Å². The number of rotatable bonds is 5. The van der Waals surface area contributed by atoms with Crippen LogP contribution >= 0.6 is 23.2 Å². The van der Waals surface area contributed by atoms with Crippen LogP contribution in [-0.2, 0) is 7.05 Å². The number of aryl methyl sites for hydroxylation is 2. The van der Waals surface area contributed by atoms with E-state index in [4.69, 9.17) is 27.9 Å². The Morgan fingerprint density at radius 1 is 1.43 bits per heavy atom. The zero-order chi connectivity index (χ0) is 15.4. The molecular weight excluding hydrogens is 315 g/mol. The minimum atomic E-state index is -0.211. The van der Waals surface area contributed by atoms with Crippen molar-refractivity contribution in [3.63, 3.8) is 0 Å². The molecule has 0 aromatic carbocycles. The smallest absolute Gasteiger partial charge is 0.269 e. The molecule has 0 radical (unpaired) electrons. The quantitative estimate of drug-likeness (QED) is 0.854. The molecular formula is C13H14Cl2N4O2. The number of hydrogen-bond acceptors (Lipinski definition) is 4. The Kier molecular flexibility index (Phi) is 5.03. The number of pyridine rings is 1. The van der Waals surface area contributed by atoms with Crippen molar-refractivity contribution in [3.05, 3.63) is 39.8 Å². The van der Waals surface area contributed by atoms with Crippen molar-refractivity contribution in [3.8, 4) is 5.88 Å². The lowest BCUT2D eigenvalue weighted by molar-refractivity contribution is 0.0937. The van der Waals surface area contributed by atoms with Gasteiger partial charge >= 0.3 is 0 Å². The molecule has 1 N–H and O–H groups in total. The van der Waals surface area contributed by atoms with E-state index in [1.807, 2.05) is 6.92 Å². The van der Waals surface area contributed by atoms with Gasteiger partial charge in [0.2, 0.25) is 5.88 Å². The summed E-state index contributed by atoms with van der Waals surface area (Å²) in [6.45, 7) is 2.40. The molecule has 2 rings (SSSR count). The summed E-state index contributed by atoms with van der Waals surface area (Å²) in [5.41, 5.74) is 1.28. The number of nitrogens with one attached hydrogen (secondary N) is 1. The van der Waals surface area contributed by atoms with E-state index < -0.39 is 0 Å². The maximum absolute atomic E-state index is 11.9. The highest BCUT2D eigenvalue weighted by molar-refractivity contribution is 6.35. The van der Waals surface area contributed by atoms with Gasteiger partial charge in [0.25, 0.3) is 5.91 Å². The van der Waals surface area contributed by atoms with Gasteiger partial charge in [-0.1, -0.05) is 23.2 Å². The van der Waals surface area contributed by atoms with Crippen molar-refractivity contribution in [2.24, 2.45) is 7.05 Å². The summed E-state index contributed by atoms with van der Waals surface area (Å²) in [6, 6.07) is 3.26. The van der Waals surface area contributed by atoms with Crippen LogP contribution < -0.4 is 10.1 Å². The summed E-state index contributed by atoms with van der Waals surface area (Å²) in [6.07, 6.45) is 1.44. The molecule has 0 aliphatic rings. The highest BCUT2D eigenvalue weighted by Gasteiger charge is 2.11. The van der Waals surface area contributed by atoms with Gasteiger partial charge in [0.1, 0.15) is 17.3 Å². The third kappa shape index (κ3) is 4.09. The van der Waals surface area contributed by atoms with Crippen LogP contribution in [0.1, 0.15) is 16.2 Å². The van der Waals surface area contributed by atoms with Crippen LogP contribution in [-0.4, -0.2) is 33.8 Å². The first-order valence-electron chi connectivity index (χ1n) is 6.20. The third-order valence-corrected chi connectivity index (χ3v) is 3.11. The molecule has 0 atom stereocenters. The van der Waals surface area contributed by atoms with Crippen molar-refractivity contribution in [1.82, 2.24) is 20.1 Å². The minimum absolute atomic E-state index is 0.211. The molecule has 0 saturated carbocycles. The summed E-state index contributed by atoms with van der Waals surface area (Å²) in [5.74, 6) is 0.0727. The molecule has 0 aliphatic heterocycles. The maximum atomic E-state index is 11.9. The highest BCUT2D eigenvalue weighted by atomic mass is 35.5. The molecule has 2 aromatic heterocycles. The standard InChI is InChI=1S/C13H14Cl2N4O2/c1-8-5-11(19(2)18-8)12(20)16-3-4-21-13-10(15)6-9(14)7-17-13/h5-7H,3-4H2,1-2H3,(H,16,20). The zero-order valence-corrected chi connectivity index (χ0v) is 13.1. The number of hydrogen-bond donors (Lipinski definition) is 1. The number of nitrogens with zero attached hydrogens (tertiary/aromatic N) is 3. The third-order valence-electron chi connectivity index (χ3n) is 2.64. The fraction of sp³-hybridized carbons (Fsp3) is 0.308. The fourth-order valence-corrected chi connectivity index (χ4v) is 2.17. The van der Waals surface area contributed by atoms with Gasteiger partial charge in [-0.05, 0) is 19.1 Å². The zero-order valence-electron chi connectivity index (χ0n) is 11.6. The van der Waals surface area contributed by atoms with Gasteiger partial charge in [0.15, 0.2) is 0 Å². The first-order chi connectivity index (χ1) is 9.97. The van der Waals surface area contributed by atoms with Crippen LogP contribution in [0.4, 0.5) is 0 Å². The van der Waals surface area contributed by atoms with E-state index in [9.17, 15) is 4.79 Å². The van der Waals surface area contributed by atoms with Gasteiger partial charge < -0.3 is 10.1 Å². The van der Waals surface area contributed by atoms with Crippen molar-refractivity contribution < 1.29 is 9.53 Å². The van der Waals surface area contributed by atoms with E-state index in [0.29, 0.717) is 22.3 Å². The topological polar surface area (TPSA) is 69.0 Å². The number of carbonyl (C=O) groups is 1. The predicted octanol–water partition coefficient (Wildman–Crippen LogP) is 2.24. The molecule has 0 aliphatic carbocycles. The summed E-state index contributed by atoms with van der Waals surface area (Å²) in [4.78, 5) is 15.9. The average Bonchev–Trinajstić information content (AvgIpc) is 2.75. The van der Waals surface area contributed by atoms with Gasteiger partial charge in [0.05, 0.1) is 17.3 Å². The lowest BCUT2D eigenvalue weighted by Crippen LogP contribution is -2.29. The van der Waals surface area contributed by atoms with Crippen molar-refractivity contribution >= 4 is 29.1 Å². The Morgan fingerprint density at radius 2 is 2.19 bits per heavy atom. The number of ether oxygens (including phenoxy) is 1. The van der Waals surface area contributed by atoms with Gasteiger partial charge in [-0.15, -0.1) is 0 Å².